The molecular weight excluding hydrogens is 258 g/mol. The molecule has 0 unspecified atom stereocenters. The normalized spacial score (nSPS) is 14.2. The molecule has 0 saturated heterocycles. The van der Waals surface area contributed by atoms with Crippen LogP contribution in [0.15, 0.2) is 0 Å². The van der Waals surface area contributed by atoms with Crippen LogP contribution in [-0.2, 0) is 14.4 Å². The molecule has 0 aromatic carbocycles. The zero-order valence-corrected chi connectivity index (χ0v) is 13.1. The van der Waals surface area contributed by atoms with Crippen molar-refractivity contribution in [2.24, 2.45) is 17.8 Å². The van der Waals surface area contributed by atoms with Crippen LogP contribution in [0.1, 0.15) is 53.9 Å². The Morgan fingerprint density at radius 3 is 1.85 bits per heavy atom. The predicted octanol–water partition coefficient (Wildman–Crippen LogP) is 2.24. The predicted molar refractivity (Wildman–Crippen MR) is 77.3 cm³/mol. The molecule has 0 aliphatic carbocycles. The van der Waals surface area contributed by atoms with Crippen molar-refractivity contribution in [1.29, 1.82) is 0 Å². The van der Waals surface area contributed by atoms with Crippen LogP contribution in [0.5, 0.6) is 0 Å². The van der Waals surface area contributed by atoms with E-state index in [-0.39, 0.29) is 29.9 Å². The molecule has 0 heterocycles. The van der Waals surface area contributed by atoms with Gasteiger partial charge in [0.15, 0.2) is 5.78 Å². The highest BCUT2D eigenvalue weighted by Gasteiger charge is 2.27. The Morgan fingerprint density at radius 1 is 1.00 bits per heavy atom. The van der Waals surface area contributed by atoms with Gasteiger partial charge < -0.3 is 10.4 Å². The number of ketones is 1. The van der Waals surface area contributed by atoms with E-state index in [4.69, 9.17) is 0 Å². The second kappa shape index (κ2) is 8.72. The van der Waals surface area contributed by atoms with Crippen LogP contribution in [0.25, 0.3) is 0 Å². The summed E-state index contributed by atoms with van der Waals surface area (Å²) < 4.78 is 0. The molecule has 5 heteroatoms. The van der Waals surface area contributed by atoms with Gasteiger partial charge in [-0.15, -0.1) is 0 Å². The molecule has 0 aromatic heterocycles. The SMILES string of the molecule is CC(=O)N[C@@H](CC(C)C)C(=O)C[C@@H](CC(C)C)C(=O)O. The van der Waals surface area contributed by atoms with Gasteiger partial charge in [-0.25, -0.2) is 0 Å². The minimum absolute atomic E-state index is 0.0226. The first-order valence-corrected chi connectivity index (χ1v) is 7.16. The highest BCUT2D eigenvalue weighted by atomic mass is 16.4. The van der Waals surface area contributed by atoms with E-state index in [9.17, 15) is 19.5 Å². The Kier molecular flexibility index (Phi) is 8.11. The zero-order chi connectivity index (χ0) is 15.9. The Bertz CT molecular complexity index is 350. The quantitative estimate of drug-likeness (QED) is 0.680. The Morgan fingerprint density at radius 2 is 1.50 bits per heavy atom. The highest BCUT2D eigenvalue weighted by molar-refractivity contribution is 5.90. The summed E-state index contributed by atoms with van der Waals surface area (Å²) >= 11 is 0. The van der Waals surface area contributed by atoms with Crippen LogP contribution in [0, 0.1) is 17.8 Å². The molecule has 0 aromatic rings. The van der Waals surface area contributed by atoms with Gasteiger partial charge >= 0.3 is 5.97 Å². The number of nitrogens with one attached hydrogen (secondary N) is 1. The number of aliphatic carboxylic acids is 1. The summed E-state index contributed by atoms with van der Waals surface area (Å²) in [5, 5.41) is 11.8. The third kappa shape index (κ3) is 7.92. The topological polar surface area (TPSA) is 83.5 Å². The van der Waals surface area contributed by atoms with Crippen molar-refractivity contribution in [2.75, 3.05) is 0 Å². The lowest BCUT2D eigenvalue weighted by Gasteiger charge is -2.21. The Hall–Kier alpha value is -1.39. The van der Waals surface area contributed by atoms with Crippen LogP contribution in [0.4, 0.5) is 0 Å². The summed E-state index contributed by atoms with van der Waals surface area (Å²) in [5.41, 5.74) is 0. The van der Waals surface area contributed by atoms with Crippen molar-refractivity contribution in [3.63, 3.8) is 0 Å². The average molecular weight is 285 g/mol. The molecule has 0 rings (SSSR count). The minimum atomic E-state index is -0.946. The number of carboxylic acids is 1. The van der Waals surface area contributed by atoms with Gasteiger partial charge in [-0.2, -0.15) is 0 Å². The van der Waals surface area contributed by atoms with Gasteiger partial charge in [-0.05, 0) is 24.7 Å². The van der Waals surface area contributed by atoms with Crippen LogP contribution < -0.4 is 5.32 Å². The third-order valence-corrected chi connectivity index (χ3v) is 3.03. The summed E-state index contributed by atoms with van der Waals surface area (Å²) in [5.74, 6) is -1.61. The molecule has 5 nitrogen and oxygen atoms in total. The van der Waals surface area contributed by atoms with Crippen LogP contribution in [0.3, 0.4) is 0 Å². The number of Topliss-reactive ketones (excluding diaryl/α,β-unsaturated/α-hetero) is 1. The van der Waals surface area contributed by atoms with Crippen molar-refractivity contribution >= 4 is 17.7 Å². The van der Waals surface area contributed by atoms with Gasteiger partial charge in [0.05, 0.1) is 12.0 Å². The summed E-state index contributed by atoms with van der Waals surface area (Å²) in [6.45, 7) is 9.15. The standard InChI is InChI=1S/C15H27NO4/c1-9(2)6-12(15(19)20)8-14(18)13(7-10(3)4)16-11(5)17/h9-10,12-13H,6-8H2,1-5H3,(H,16,17)(H,19,20)/t12-,13+/m1/s1. The van der Waals surface area contributed by atoms with Gasteiger partial charge in [0.2, 0.25) is 5.91 Å². The van der Waals surface area contributed by atoms with Crippen molar-refractivity contribution in [3.05, 3.63) is 0 Å². The summed E-state index contributed by atoms with van der Waals surface area (Å²) in [7, 11) is 0. The summed E-state index contributed by atoms with van der Waals surface area (Å²) in [4.78, 5) is 34.6. The molecule has 116 valence electrons. The number of hydrogen-bond acceptors (Lipinski definition) is 3. The van der Waals surface area contributed by atoms with Gasteiger partial charge in [0.1, 0.15) is 0 Å². The third-order valence-electron chi connectivity index (χ3n) is 3.03. The second-order valence-electron chi connectivity index (χ2n) is 6.22. The summed E-state index contributed by atoms with van der Waals surface area (Å²) in [6, 6.07) is -0.582. The first-order chi connectivity index (χ1) is 9.13. The molecule has 0 spiro atoms. The molecule has 0 saturated carbocycles. The van der Waals surface area contributed by atoms with E-state index in [2.05, 4.69) is 5.32 Å². The fraction of sp³-hybridized carbons (Fsp3) is 0.800. The number of carbonyl (C=O) groups excluding carboxylic acids is 2. The molecule has 0 aliphatic heterocycles. The van der Waals surface area contributed by atoms with Crippen molar-refractivity contribution in [1.82, 2.24) is 5.32 Å². The molecule has 20 heavy (non-hydrogen) atoms. The molecule has 2 atom stereocenters. The van der Waals surface area contributed by atoms with Gasteiger partial charge in [0, 0.05) is 13.3 Å². The highest BCUT2D eigenvalue weighted by Crippen LogP contribution is 2.18. The lowest BCUT2D eigenvalue weighted by atomic mass is 9.88. The minimum Gasteiger partial charge on any atom is -0.481 e. The fourth-order valence-electron chi connectivity index (χ4n) is 2.21. The lowest BCUT2D eigenvalue weighted by Crippen LogP contribution is -2.41. The molecule has 0 aliphatic rings. The second-order valence-corrected chi connectivity index (χ2v) is 6.22. The van der Waals surface area contributed by atoms with E-state index in [1.54, 1.807) is 0 Å². The maximum Gasteiger partial charge on any atom is 0.306 e. The first kappa shape index (κ1) is 18.6. The number of amides is 1. The van der Waals surface area contributed by atoms with E-state index in [0.29, 0.717) is 12.8 Å². The van der Waals surface area contributed by atoms with Crippen molar-refractivity contribution < 1.29 is 19.5 Å². The van der Waals surface area contributed by atoms with E-state index in [1.807, 2.05) is 27.7 Å². The maximum absolute atomic E-state index is 12.2. The lowest BCUT2D eigenvalue weighted by molar-refractivity contribution is -0.144. The van der Waals surface area contributed by atoms with Crippen LogP contribution >= 0.6 is 0 Å². The molecule has 0 bridgehead atoms. The molecule has 2 N–H and O–H groups in total. The van der Waals surface area contributed by atoms with Crippen LogP contribution in [0.2, 0.25) is 0 Å². The Labute approximate surface area is 121 Å². The smallest absolute Gasteiger partial charge is 0.306 e. The number of carbonyl (C=O) groups is 3. The molecular formula is C15H27NO4. The Balaban J connectivity index is 4.77. The first-order valence-electron chi connectivity index (χ1n) is 7.16. The van der Waals surface area contributed by atoms with Gasteiger partial charge in [0.25, 0.3) is 0 Å². The van der Waals surface area contributed by atoms with Crippen molar-refractivity contribution in [3.8, 4) is 0 Å². The van der Waals surface area contributed by atoms with E-state index in [0.717, 1.165) is 0 Å². The van der Waals surface area contributed by atoms with E-state index >= 15 is 0 Å². The number of carboxylic acid groups (broad SMARTS) is 1. The van der Waals surface area contributed by atoms with E-state index in [1.165, 1.54) is 6.92 Å². The maximum atomic E-state index is 12.2. The average Bonchev–Trinajstić information content (AvgIpc) is 2.24. The number of rotatable bonds is 9. The van der Waals surface area contributed by atoms with Gasteiger partial charge in [-0.1, -0.05) is 27.7 Å². The number of hydrogen-bond donors (Lipinski definition) is 2. The van der Waals surface area contributed by atoms with Gasteiger partial charge in [-0.3, -0.25) is 14.4 Å². The van der Waals surface area contributed by atoms with Crippen LogP contribution in [-0.4, -0.2) is 28.8 Å². The zero-order valence-electron chi connectivity index (χ0n) is 13.1. The fourth-order valence-corrected chi connectivity index (χ4v) is 2.21. The molecule has 0 fully saturated rings. The molecule has 0 radical (unpaired) electrons. The largest absolute Gasteiger partial charge is 0.481 e. The van der Waals surface area contributed by atoms with Crippen molar-refractivity contribution in [2.45, 2.75) is 59.9 Å². The molecule has 1 amide bonds. The monoisotopic (exact) mass is 285 g/mol. The summed E-state index contributed by atoms with van der Waals surface area (Å²) in [6.07, 6.45) is 0.979. The van der Waals surface area contributed by atoms with E-state index < -0.39 is 17.9 Å².